The van der Waals surface area contributed by atoms with Crippen molar-refractivity contribution in [1.29, 1.82) is 5.26 Å². The Morgan fingerprint density at radius 1 is 1.29 bits per heavy atom. The van der Waals surface area contributed by atoms with Crippen molar-refractivity contribution in [3.05, 3.63) is 63.3 Å². The number of carbonyl (C=O) groups excluding carboxylic acids is 1. The van der Waals surface area contributed by atoms with E-state index in [4.69, 9.17) is 10.2 Å². The second kappa shape index (κ2) is 9.50. The molecule has 1 aliphatic rings. The van der Waals surface area contributed by atoms with Crippen molar-refractivity contribution >= 4 is 44.9 Å². The van der Waals surface area contributed by atoms with Gasteiger partial charge in [-0.1, -0.05) is 24.3 Å². The van der Waals surface area contributed by atoms with Crippen molar-refractivity contribution < 1.29 is 4.79 Å². The number of benzene rings is 1. The Morgan fingerprint density at radius 2 is 2.06 bits per heavy atom. The molecule has 0 atom stereocenters. The average Bonchev–Trinajstić information content (AvgIpc) is 2.96. The van der Waals surface area contributed by atoms with Crippen LogP contribution in [0, 0.1) is 11.3 Å². The third kappa shape index (κ3) is 4.58. The topological polar surface area (TPSA) is 87.8 Å². The number of carbonyl (C=O) groups is 1. The Kier molecular flexibility index (Phi) is 6.54. The lowest BCUT2D eigenvalue weighted by atomic mass is 10.1. The Balaban J connectivity index is 1.58. The lowest BCUT2D eigenvalue weighted by Crippen LogP contribution is -2.24. The number of thiophene rings is 1. The predicted molar refractivity (Wildman–Crippen MR) is 126 cm³/mol. The van der Waals surface area contributed by atoms with E-state index in [0.29, 0.717) is 23.0 Å². The van der Waals surface area contributed by atoms with Gasteiger partial charge in [-0.05, 0) is 55.5 Å². The lowest BCUT2D eigenvalue weighted by Gasteiger charge is -2.11. The molecule has 0 bridgehead atoms. The quantitative estimate of drug-likeness (QED) is 0.258. The summed E-state index contributed by atoms with van der Waals surface area (Å²) in [6, 6.07) is 8.74. The standard InChI is InChI=1S/C23H22N4O2S2/c1-2-12-27-22(29)20-17-6-4-3-5-7-18(17)31-21(20)26-23(27)30-14-19(28)25-16-10-8-15(13-24)9-11-16/h2,8-11H,1,3-7,12,14H2,(H,25,28). The number of fused-ring (bicyclic) bond motifs is 3. The molecule has 0 spiro atoms. The monoisotopic (exact) mass is 450 g/mol. The van der Waals surface area contributed by atoms with E-state index in [1.165, 1.54) is 28.6 Å². The molecule has 1 amide bonds. The molecule has 1 aliphatic carbocycles. The summed E-state index contributed by atoms with van der Waals surface area (Å²) in [5.74, 6) is -0.0728. The number of aromatic nitrogens is 2. The van der Waals surface area contributed by atoms with Crippen LogP contribution in [-0.2, 0) is 24.2 Å². The van der Waals surface area contributed by atoms with Gasteiger partial charge < -0.3 is 5.32 Å². The zero-order chi connectivity index (χ0) is 21.8. The van der Waals surface area contributed by atoms with Gasteiger partial charge in [-0.25, -0.2) is 4.98 Å². The fourth-order valence-corrected chi connectivity index (χ4v) is 5.86. The summed E-state index contributed by atoms with van der Waals surface area (Å²) in [4.78, 5) is 32.6. The van der Waals surface area contributed by atoms with E-state index in [-0.39, 0.29) is 17.2 Å². The Morgan fingerprint density at radius 3 is 2.81 bits per heavy atom. The normalized spacial score (nSPS) is 13.3. The first-order valence-corrected chi connectivity index (χ1v) is 12.0. The minimum atomic E-state index is -0.198. The summed E-state index contributed by atoms with van der Waals surface area (Å²) in [6.45, 7) is 4.13. The molecular formula is C23H22N4O2S2. The molecule has 0 unspecified atom stereocenters. The fourth-order valence-electron chi connectivity index (χ4n) is 3.75. The molecular weight excluding hydrogens is 428 g/mol. The Bertz CT molecular complexity index is 1240. The largest absolute Gasteiger partial charge is 0.325 e. The molecule has 158 valence electrons. The minimum Gasteiger partial charge on any atom is -0.325 e. The molecule has 2 aromatic heterocycles. The number of aryl methyl sites for hydroxylation is 2. The first-order chi connectivity index (χ1) is 15.1. The maximum absolute atomic E-state index is 13.3. The van der Waals surface area contributed by atoms with E-state index >= 15 is 0 Å². The van der Waals surface area contributed by atoms with Gasteiger partial charge in [0.15, 0.2) is 5.16 Å². The SMILES string of the molecule is C=CCn1c(SCC(=O)Nc2ccc(C#N)cc2)nc2sc3c(c2c1=O)CCCCC3. The molecule has 0 saturated carbocycles. The van der Waals surface area contributed by atoms with Crippen molar-refractivity contribution in [3.8, 4) is 6.07 Å². The molecule has 0 fully saturated rings. The number of hydrogen-bond donors (Lipinski definition) is 1. The molecule has 2 heterocycles. The minimum absolute atomic E-state index is 0.0423. The van der Waals surface area contributed by atoms with Crippen LogP contribution >= 0.6 is 23.1 Å². The van der Waals surface area contributed by atoms with Crippen LogP contribution in [0.15, 0.2) is 46.9 Å². The lowest BCUT2D eigenvalue weighted by molar-refractivity contribution is -0.113. The number of nitrogens with one attached hydrogen (secondary N) is 1. The summed E-state index contributed by atoms with van der Waals surface area (Å²) >= 11 is 2.87. The summed E-state index contributed by atoms with van der Waals surface area (Å²) in [6.07, 6.45) is 7.07. The zero-order valence-electron chi connectivity index (χ0n) is 17.0. The zero-order valence-corrected chi connectivity index (χ0v) is 18.7. The predicted octanol–water partition coefficient (Wildman–Crippen LogP) is 4.52. The number of hydrogen-bond acceptors (Lipinski definition) is 6. The Labute approximate surface area is 188 Å². The van der Waals surface area contributed by atoms with Crippen LogP contribution < -0.4 is 10.9 Å². The van der Waals surface area contributed by atoms with Crippen molar-refractivity contribution in [3.63, 3.8) is 0 Å². The maximum atomic E-state index is 13.3. The summed E-state index contributed by atoms with van der Waals surface area (Å²) in [5, 5.41) is 13.0. The first-order valence-electron chi connectivity index (χ1n) is 10.2. The van der Waals surface area contributed by atoms with Crippen LogP contribution in [0.2, 0.25) is 0 Å². The maximum Gasteiger partial charge on any atom is 0.263 e. The summed E-state index contributed by atoms with van der Waals surface area (Å²) in [5.41, 5.74) is 2.29. The molecule has 0 saturated heterocycles. The van der Waals surface area contributed by atoms with Crippen LogP contribution in [-0.4, -0.2) is 21.2 Å². The van der Waals surface area contributed by atoms with Crippen molar-refractivity contribution in [2.24, 2.45) is 0 Å². The van der Waals surface area contributed by atoms with E-state index in [0.717, 1.165) is 35.9 Å². The van der Waals surface area contributed by atoms with Gasteiger partial charge in [0, 0.05) is 17.1 Å². The fraction of sp³-hybridized carbons (Fsp3) is 0.304. The van der Waals surface area contributed by atoms with E-state index in [1.54, 1.807) is 46.2 Å². The molecule has 0 radical (unpaired) electrons. The van der Waals surface area contributed by atoms with Gasteiger partial charge in [0.25, 0.3) is 5.56 Å². The van der Waals surface area contributed by atoms with Crippen LogP contribution in [0.1, 0.15) is 35.3 Å². The number of amides is 1. The van der Waals surface area contributed by atoms with Crippen molar-refractivity contribution in [2.45, 2.75) is 43.8 Å². The van der Waals surface area contributed by atoms with Gasteiger partial charge in [-0.3, -0.25) is 14.2 Å². The van der Waals surface area contributed by atoms with E-state index < -0.39 is 0 Å². The highest BCUT2D eigenvalue weighted by molar-refractivity contribution is 7.99. The smallest absolute Gasteiger partial charge is 0.263 e. The highest BCUT2D eigenvalue weighted by atomic mass is 32.2. The molecule has 0 aliphatic heterocycles. The number of nitriles is 1. The van der Waals surface area contributed by atoms with Crippen LogP contribution in [0.4, 0.5) is 5.69 Å². The summed E-state index contributed by atoms with van der Waals surface area (Å²) in [7, 11) is 0. The number of thioether (sulfide) groups is 1. The second-order valence-corrected chi connectivity index (χ2v) is 9.40. The molecule has 1 aromatic carbocycles. The van der Waals surface area contributed by atoms with Gasteiger partial charge in [-0.2, -0.15) is 5.26 Å². The van der Waals surface area contributed by atoms with Crippen molar-refractivity contribution in [2.75, 3.05) is 11.1 Å². The van der Waals surface area contributed by atoms with Crippen LogP contribution in [0.25, 0.3) is 10.2 Å². The third-order valence-electron chi connectivity index (χ3n) is 5.23. The van der Waals surface area contributed by atoms with Gasteiger partial charge in [0.05, 0.1) is 22.8 Å². The third-order valence-corrected chi connectivity index (χ3v) is 7.39. The molecule has 4 rings (SSSR count). The average molecular weight is 451 g/mol. The Hall–Kier alpha value is -2.89. The molecule has 3 aromatic rings. The van der Waals surface area contributed by atoms with Crippen LogP contribution in [0.5, 0.6) is 0 Å². The molecule has 6 nitrogen and oxygen atoms in total. The van der Waals surface area contributed by atoms with E-state index in [9.17, 15) is 9.59 Å². The summed E-state index contributed by atoms with van der Waals surface area (Å²) < 4.78 is 1.62. The second-order valence-electron chi connectivity index (χ2n) is 7.37. The van der Waals surface area contributed by atoms with Gasteiger partial charge in [-0.15, -0.1) is 17.9 Å². The van der Waals surface area contributed by atoms with Gasteiger partial charge in [0.2, 0.25) is 5.91 Å². The van der Waals surface area contributed by atoms with Gasteiger partial charge >= 0.3 is 0 Å². The van der Waals surface area contributed by atoms with Gasteiger partial charge in [0.1, 0.15) is 4.83 Å². The number of nitrogens with zero attached hydrogens (tertiary/aromatic N) is 3. The highest BCUT2D eigenvalue weighted by Crippen LogP contribution is 2.34. The first kappa shape index (κ1) is 21.3. The van der Waals surface area contributed by atoms with Crippen LogP contribution in [0.3, 0.4) is 0 Å². The number of rotatable bonds is 6. The van der Waals surface area contributed by atoms with E-state index in [1.807, 2.05) is 6.07 Å². The molecule has 8 heteroatoms. The number of anilines is 1. The number of allylic oxidation sites excluding steroid dienone is 1. The van der Waals surface area contributed by atoms with Crippen molar-refractivity contribution in [1.82, 2.24) is 9.55 Å². The highest BCUT2D eigenvalue weighted by Gasteiger charge is 2.21. The molecule has 31 heavy (non-hydrogen) atoms. The molecule has 1 N–H and O–H groups in total. The van der Waals surface area contributed by atoms with E-state index in [2.05, 4.69) is 11.9 Å².